The molecular weight excluding hydrogens is 374 g/mol. The Kier molecular flexibility index (Phi) is 7.07. The fourth-order valence-electron chi connectivity index (χ4n) is 2.55. The van der Waals surface area contributed by atoms with Gasteiger partial charge < -0.3 is 18.9 Å². The molecule has 0 aliphatic carbocycles. The lowest BCUT2D eigenvalue weighted by Gasteiger charge is -2.39. The average Bonchev–Trinajstić information content (AvgIpc) is 2.59. The largest absolute Gasteiger partial charge is 0.476 e. The monoisotopic (exact) mass is 393 g/mol. The second-order valence-electron chi connectivity index (χ2n) is 5.75. The minimum absolute atomic E-state index is 0.288. The molecule has 27 heavy (non-hydrogen) atoms. The number of thioether (sulfide) groups is 1. The van der Waals surface area contributed by atoms with Crippen molar-refractivity contribution in [3.05, 3.63) is 29.8 Å². The van der Waals surface area contributed by atoms with E-state index in [4.69, 9.17) is 24.2 Å². The van der Waals surface area contributed by atoms with Crippen LogP contribution in [0.25, 0.3) is 0 Å². The summed E-state index contributed by atoms with van der Waals surface area (Å²) in [6.07, 6.45) is -2.76. The number of rotatable bonds is 5. The van der Waals surface area contributed by atoms with Gasteiger partial charge in [0.05, 0.1) is 11.6 Å². The van der Waals surface area contributed by atoms with Crippen LogP contribution in [0.15, 0.2) is 24.3 Å². The van der Waals surface area contributed by atoms with Gasteiger partial charge in [0.25, 0.3) is 0 Å². The van der Waals surface area contributed by atoms with Gasteiger partial charge in [-0.15, -0.1) is 11.8 Å². The van der Waals surface area contributed by atoms with Crippen LogP contribution in [0.4, 0.5) is 0 Å². The summed E-state index contributed by atoms with van der Waals surface area (Å²) in [6.45, 7) is 3.69. The van der Waals surface area contributed by atoms with E-state index in [0.717, 1.165) is 0 Å². The first kappa shape index (κ1) is 20.6. The zero-order chi connectivity index (χ0) is 20.0. The third-order valence-electron chi connectivity index (χ3n) is 3.54. The van der Waals surface area contributed by atoms with E-state index < -0.39 is 41.7 Å². The van der Waals surface area contributed by atoms with E-state index in [1.807, 2.05) is 6.07 Å². The van der Waals surface area contributed by atoms with E-state index in [1.165, 1.54) is 32.5 Å². The van der Waals surface area contributed by atoms with E-state index in [1.54, 1.807) is 24.3 Å². The zero-order valence-electron chi connectivity index (χ0n) is 15.0. The smallest absolute Gasteiger partial charge is 0.303 e. The number of ether oxygens (including phenoxy) is 4. The lowest BCUT2D eigenvalue weighted by atomic mass is 10.1. The highest BCUT2D eigenvalue weighted by molar-refractivity contribution is 7.99. The highest BCUT2D eigenvalue weighted by Crippen LogP contribution is 2.34. The molecule has 0 spiro atoms. The number of nitriles is 1. The third-order valence-corrected chi connectivity index (χ3v) is 4.75. The highest BCUT2D eigenvalue weighted by Gasteiger charge is 2.47. The number of hydrogen-bond donors (Lipinski definition) is 0. The Labute approximate surface area is 160 Å². The quantitative estimate of drug-likeness (QED) is 0.546. The van der Waals surface area contributed by atoms with E-state index in [-0.39, 0.29) is 5.75 Å². The summed E-state index contributed by atoms with van der Waals surface area (Å²) in [7, 11) is 0. The molecule has 0 unspecified atom stereocenters. The van der Waals surface area contributed by atoms with Gasteiger partial charge in [0.2, 0.25) is 0 Å². The summed E-state index contributed by atoms with van der Waals surface area (Å²) < 4.78 is 21.7. The van der Waals surface area contributed by atoms with Gasteiger partial charge in [-0.25, -0.2) is 0 Å². The average molecular weight is 393 g/mol. The van der Waals surface area contributed by atoms with Crippen molar-refractivity contribution in [3.8, 4) is 11.8 Å². The molecule has 0 aromatic heterocycles. The van der Waals surface area contributed by atoms with Crippen molar-refractivity contribution < 1.29 is 33.3 Å². The molecule has 0 bridgehead atoms. The van der Waals surface area contributed by atoms with Gasteiger partial charge >= 0.3 is 17.9 Å². The summed E-state index contributed by atoms with van der Waals surface area (Å²) in [5.41, 5.74) is -0.221. The first-order chi connectivity index (χ1) is 12.8. The Hall–Kier alpha value is -2.73. The Morgan fingerprint density at radius 2 is 1.52 bits per heavy atom. The third kappa shape index (κ3) is 5.89. The van der Waals surface area contributed by atoms with Crippen molar-refractivity contribution >= 4 is 29.7 Å². The van der Waals surface area contributed by atoms with Crippen LogP contribution in [-0.4, -0.2) is 47.4 Å². The van der Waals surface area contributed by atoms with Crippen molar-refractivity contribution in [1.82, 2.24) is 0 Å². The Bertz CT molecular complexity index is 743. The van der Waals surface area contributed by atoms with Crippen LogP contribution in [0, 0.1) is 11.3 Å². The Balaban J connectivity index is 2.26. The van der Waals surface area contributed by atoms with E-state index in [9.17, 15) is 14.4 Å². The predicted octanol–water partition coefficient (Wildman–Crippen LogP) is 1.81. The Morgan fingerprint density at radius 3 is 2.04 bits per heavy atom. The first-order valence-corrected chi connectivity index (χ1v) is 9.15. The van der Waals surface area contributed by atoms with E-state index in [0.29, 0.717) is 11.3 Å². The minimum Gasteiger partial charge on any atom is -0.476 e. The molecule has 1 aliphatic rings. The van der Waals surface area contributed by atoms with Crippen LogP contribution < -0.4 is 4.74 Å². The summed E-state index contributed by atoms with van der Waals surface area (Å²) in [6, 6.07) is 8.42. The molecule has 0 saturated carbocycles. The van der Waals surface area contributed by atoms with Gasteiger partial charge in [0, 0.05) is 26.5 Å². The van der Waals surface area contributed by atoms with Crippen LogP contribution >= 0.6 is 11.8 Å². The summed E-state index contributed by atoms with van der Waals surface area (Å²) in [5, 5.41) is 8.87. The van der Waals surface area contributed by atoms with Gasteiger partial charge in [-0.1, -0.05) is 0 Å². The van der Waals surface area contributed by atoms with E-state index in [2.05, 4.69) is 0 Å². The van der Waals surface area contributed by atoms with Gasteiger partial charge in [-0.2, -0.15) is 5.26 Å². The van der Waals surface area contributed by atoms with Gasteiger partial charge in [-0.3, -0.25) is 14.4 Å². The molecule has 1 aromatic carbocycles. The second kappa shape index (κ2) is 9.28. The lowest BCUT2D eigenvalue weighted by molar-refractivity contribution is -0.186. The molecule has 1 fully saturated rings. The molecule has 0 N–H and O–H groups in total. The highest BCUT2D eigenvalue weighted by atomic mass is 32.2. The van der Waals surface area contributed by atoms with Crippen LogP contribution in [0.1, 0.15) is 26.3 Å². The van der Waals surface area contributed by atoms with Gasteiger partial charge in [0.15, 0.2) is 23.7 Å². The number of carbonyl (C=O) groups excluding carboxylic acids is 3. The molecule has 1 saturated heterocycles. The lowest BCUT2D eigenvalue weighted by Crippen LogP contribution is -2.55. The number of esters is 3. The van der Waals surface area contributed by atoms with Gasteiger partial charge in [0.1, 0.15) is 5.75 Å². The maximum Gasteiger partial charge on any atom is 0.303 e. The van der Waals surface area contributed by atoms with Crippen molar-refractivity contribution in [3.63, 3.8) is 0 Å². The summed E-state index contributed by atoms with van der Waals surface area (Å²) in [4.78, 5) is 34.5. The second-order valence-corrected chi connectivity index (χ2v) is 6.88. The number of hydrogen-bond acceptors (Lipinski definition) is 9. The Morgan fingerprint density at radius 1 is 0.963 bits per heavy atom. The molecule has 1 aromatic rings. The molecule has 4 atom stereocenters. The topological polar surface area (TPSA) is 112 Å². The molecule has 8 nitrogen and oxygen atoms in total. The molecular formula is C18H19NO7S. The maximum atomic E-state index is 11.6. The molecule has 9 heteroatoms. The number of carbonyl (C=O) groups is 3. The molecule has 1 aliphatic heterocycles. The predicted molar refractivity (Wildman–Crippen MR) is 94.7 cm³/mol. The minimum atomic E-state index is -1.00. The maximum absolute atomic E-state index is 11.6. The first-order valence-electron chi connectivity index (χ1n) is 8.10. The van der Waals surface area contributed by atoms with Crippen LogP contribution in [0.3, 0.4) is 0 Å². The SMILES string of the molecule is CC(=O)O[C@@H]1[C@@H](OC(C)=O)[C@@H](Oc2ccc(C#N)cc2)SC[C@H]1OC(C)=O. The molecule has 2 rings (SSSR count). The van der Waals surface area contributed by atoms with Crippen molar-refractivity contribution in [2.75, 3.05) is 5.75 Å². The van der Waals surface area contributed by atoms with E-state index >= 15 is 0 Å². The standard InChI is InChI=1S/C18H19NO7S/c1-10(20)23-15-9-27-18(26-14-6-4-13(8-19)5-7-14)17(25-12(3)22)16(15)24-11(2)21/h4-7,15-18H,9H2,1-3H3/t15-,16+,17-,18+/m1/s1. The molecule has 1 heterocycles. The molecule has 0 radical (unpaired) electrons. The van der Waals surface area contributed by atoms with Crippen molar-refractivity contribution in [2.45, 2.75) is 44.5 Å². The molecule has 0 amide bonds. The van der Waals surface area contributed by atoms with Crippen LogP contribution in [0.2, 0.25) is 0 Å². The van der Waals surface area contributed by atoms with Crippen molar-refractivity contribution in [2.24, 2.45) is 0 Å². The number of nitrogens with zero attached hydrogens (tertiary/aromatic N) is 1. The fourth-order valence-corrected chi connectivity index (χ4v) is 3.77. The summed E-state index contributed by atoms with van der Waals surface area (Å²) in [5.74, 6) is -0.981. The van der Waals surface area contributed by atoms with Crippen LogP contribution in [0.5, 0.6) is 5.75 Å². The van der Waals surface area contributed by atoms with Gasteiger partial charge in [-0.05, 0) is 24.3 Å². The fraction of sp³-hybridized carbons (Fsp3) is 0.444. The molecule has 144 valence electrons. The van der Waals surface area contributed by atoms with Crippen LogP contribution in [-0.2, 0) is 28.6 Å². The zero-order valence-corrected chi connectivity index (χ0v) is 15.9. The number of benzene rings is 1. The summed E-state index contributed by atoms with van der Waals surface area (Å²) >= 11 is 1.27. The van der Waals surface area contributed by atoms with Crippen molar-refractivity contribution in [1.29, 1.82) is 5.26 Å². The normalized spacial score (nSPS) is 24.2.